The van der Waals surface area contributed by atoms with Crippen molar-refractivity contribution in [2.45, 2.75) is 51.4 Å². The molecule has 1 saturated carbocycles. The predicted octanol–water partition coefficient (Wildman–Crippen LogP) is 4.14. The second-order valence-corrected chi connectivity index (χ2v) is 8.15. The number of ether oxygens (including phenoxy) is 3. The Morgan fingerprint density at radius 2 is 1.96 bits per heavy atom. The standard InChI is InChI=1S/C21H30O4/c1-20(13-23-3)9-6-10-21(2)16-12-17(24-4)15(19(22)25-5)11-14(16)7-8-18(20)21/h11-12,18H,6-10,13H2,1-5H3/t18-,20+,21+/m0/s1. The molecule has 0 radical (unpaired) electrons. The minimum atomic E-state index is -0.334. The Balaban J connectivity index is 2.09. The van der Waals surface area contributed by atoms with Gasteiger partial charge in [-0.1, -0.05) is 20.3 Å². The van der Waals surface area contributed by atoms with Gasteiger partial charge in [-0.15, -0.1) is 0 Å². The summed E-state index contributed by atoms with van der Waals surface area (Å²) in [5.74, 6) is 0.862. The van der Waals surface area contributed by atoms with Crippen LogP contribution in [0.3, 0.4) is 0 Å². The molecular weight excluding hydrogens is 316 g/mol. The maximum atomic E-state index is 12.1. The first-order valence-electron chi connectivity index (χ1n) is 9.18. The van der Waals surface area contributed by atoms with Crippen LogP contribution in [0.4, 0.5) is 0 Å². The summed E-state index contributed by atoms with van der Waals surface area (Å²) in [5.41, 5.74) is 3.44. The van der Waals surface area contributed by atoms with E-state index in [1.807, 2.05) is 6.07 Å². The zero-order chi connectivity index (χ0) is 18.2. The van der Waals surface area contributed by atoms with Crippen LogP contribution in [0.5, 0.6) is 5.75 Å². The lowest BCUT2D eigenvalue weighted by Crippen LogP contribution is -2.50. The molecule has 2 aliphatic carbocycles. The van der Waals surface area contributed by atoms with E-state index in [-0.39, 0.29) is 16.8 Å². The van der Waals surface area contributed by atoms with E-state index < -0.39 is 0 Å². The molecule has 1 fully saturated rings. The number of hydrogen-bond donors (Lipinski definition) is 0. The fourth-order valence-corrected chi connectivity index (χ4v) is 5.57. The zero-order valence-electron chi connectivity index (χ0n) is 16.1. The Labute approximate surface area is 150 Å². The normalized spacial score (nSPS) is 31.0. The average Bonchev–Trinajstić information content (AvgIpc) is 2.60. The Morgan fingerprint density at radius 3 is 2.60 bits per heavy atom. The summed E-state index contributed by atoms with van der Waals surface area (Å²) in [6, 6.07) is 4.08. The molecule has 0 N–H and O–H groups in total. The van der Waals surface area contributed by atoms with Crippen LogP contribution in [0.15, 0.2) is 12.1 Å². The van der Waals surface area contributed by atoms with Crippen LogP contribution in [0.25, 0.3) is 0 Å². The van der Waals surface area contributed by atoms with Crippen LogP contribution in [0, 0.1) is 11.3 Å². The summed E-state index contributed by atoms with van der Waals surface area (Å²) in [7, 11) is 4.84. The fraction of sp³-hybridized carbons (Fsp3) is 0.667. The molecule has 0 heterocycles. The van der Waals surface area contributed by atoms with Crippen molar-refractivity contribution in [3.05, 3.63) is 28.8 Å². The summed E-state index contributed by atoms with van der Waals surface area (Å²) in [6.07, 6.45) is 5.71. The highest BCUT2D eigenvalue weighted by atomic mass is 16.5. The first-order valence-corrected chi connectivity index (χ1v) is 9.18. The second-order valence-electron chi connectivity index (χ2n) is 8.15. The van der Waals surface area contributed by atoms with E-state index in [9.17, 15) is 4.79 Å². The van der Waals surface area contributed by atoms with E-state index in [1.165, 1.54) is 37.5 Å². The van der Waals surface area contributed by atoms with E-state index in [1.54, 1.807) is 14.2 Å². The maximum Gasteiger partial charge on any atom is 0.341 e. The topological polar surface area (TPSA) is 44.8 Å². The van der Waals surface area contributed by atoms with E-state index in [0.717, 1.165) is 19.4 Å². The van der Waals surface area contributed by atoms with Gasteiger partial charge in [-0.3, -0.25) is 0 Å². The first kappa shape index (κ1) is 18.2. The van der Waals surface area contributed by atoms with Crippen LogP contribution >= 0.6 is 0 Å². The van der Waals surface area contributed by atoms with Crippen molar-refractivity contribution in [1.29, 1.82) is 0 Å². The van der Waals surface area contributed by atoms with Gasteiger partial charge < -0.3 is 14.2 Å². The molecule has 2 aliphatic rings. The quantitative estimate of drug-likeness (QED) is 0.769. The van der Waals surface area contributed by atoms with Gasteiger partial charge in [0.15, 0.2) is 0 Å². The van der Waals surface area contributed by atoms with Crippen molar-refractivity contribution in [3.8, 4) is 5.75 Å². The van der Waals surface area contributed by atoms with Crippen molar-refractivity contribution in [2.75, 3.05) is 27.9 Å². The van der Waals surface area contributed by atoms with Gasteiger partial charge in [-0.25, -0.2) is 4.79 Å². The monoisotopic (exact) mass is 346 g/mol. The number of hydrogen-bond acceptors (Lipinski definition) is 4. The predicted molar refractivity (Wildman–Crippen MR) is 97.3 cm³/mol. The van der Waals surface area contributed by atoms with E-state index >= 15 is 0 Å². The molecule has 0 saturated heterocycles. The molecule has 0 amide bonds. The number of esters is 1. The van der Waals surface area contributed by atoms with E-state index in [4.69, 9.17) is 14.2 Å². The van der Waals surface area contributed by atoms with Crippen molar-refractivity contribution in [1.82, 2.24) is 0 Å². The first-order chi connectivity index (χ1) is 11.9. The molecular formula is C21H30O4. The lowest BCUT2D eigenvalue weighted by molar-refractivity contribution is -0.0325. The number of aryl methyl sites for hydroxylation is 1. The molecule has 0 spiro atoms. The van der Waals surface area contributed by atoms with Gasteiger partial charge >= 0.3 is 5.97 Å². The summed E-state index contributed by atoms with van der Waals surface area (Å²) >= 11 is 0. The number of fused-ring (bicyclic) bond motifs is 3. The van der Waals surface area contributed by atoms with Gasteiger partial charge in [-0.05, 0) is 65.7 Å². The molecule has 0 aliphatic heterocycles. The van der Waals surface area contributed by atoms with E-state index in [0.29, 0.717) is 17.2 Å². The molecule has 138 valence electrons. The molecule has 1 aromatic rings. The Morgan fingerprint density at radius 1 is 1.20 bits per heavy atom. The third-order valence-electron chi connectivity index (χ3n) is 6.68. The highest BCUT2D eigenvalue weighted by molar-refractivity contribution is 5.93. The molecule has 4 nitrogen and oxygen atoms in total. The van der Waals surface area contributed by atoms with Gasteiger partial charge in [0.25, 0.3) is 0 Å². The fourth-order valence-electron chi connectivity index (χ4n) is 5.57. The highest BCUT2D eigenvalue weighted by Gasteiger charge is 2.52. The largest absolute Gasteiger partial charge is 0.496 e. The number of methoxy groups -OCH3 is 3. The van der Waals surface area contributed by atoms with Gasteiger partial charge in [0.05, 0.1) is 20.8 Å². The highest BCUT2D eigenvalue weighted by Crippen LogP contribution is 2.57. The van der Waals surface area contributed by atoms with Crippen molar-refractivity contribution in [3.63, 3.8) is 0 Å². The minimum Gasteiger partial charge on any atom is -0.496 e. The molecule has 1 aromatic carbocycles. The second kappa shape index (κ2) is 6.64. The summed E-state index contributed by atoms with van der Waals surface area (Å²) < 4.78 is 16.1. The number of carbonyl (C=O) groups is 1. The molecule has 0 unspecified atom stereocenters. The Hall–Kier alpha value is -1.55. The number of benzene rings is 1. The van der Waals surface area contributed by atoms with Crippen molar-refractivity contribution < 1.29 is 19.0 Å². The lowest BCUT2D eigenvalue weighted by atomic mass is 9.50. The summed E-state index contributed by atoms with van der Waals surface area (Å²) in [4.78, 5) is 12.1. The molecule has 3 atom stereocenters. The van der Waals surface area contributed by atoms with Gasteiger partial charge in [0.2, 0.25) is 0 Å². The lowest BCUT2D eigenvalue weighted by Gasteiger charge is -2.55. The molecule has 3 rings (SSSR count). The molecule has 0 aromatic heterocycles. The minimum absolute atomic E-state index is 0.0983. The SMILES string of the molecule is COC[C@@]1(C)CCC[C@]2(C)c3cc(OC)c(C(=O)OC)cc3CC[C@@H]12. The summed E-state index contributed by atoms with van der Waals surface area (Å²) in [6.45, 7) is 5.57. The van der Waals surface area contributed by atoms with Crippen molar-refractivity contribution >= 4 is 5.97 Å². The van der Waals surface area contributed by atoms with Crippen molar-refractivity contribution in [2.24, 2.45) is 11.3 Å². The number of rotatable bonds is 4. The van der Waals surface area contributed by atoms with Crippen LogP contribution in [0.2, 0.25) is 0 Å². The molecule has 25 heavy (non-hydrogen) atoms. The smallest absolute Gasteiger partial charge is 0.341 e. The van der Waals surface area contributed by atoms with Crippen LogP contribution in [0.1, 0.15) is 61.0 Å². The third kappa shape index (κ3) is 2.84. The van der Waals surface area contributed by atoms with Crippen LogP contribution in [-0.2, 0) is 21.3 Å². The van der Waals surface area contributed by atoms with Gasteiger partial charge in [-0.2, -0.15) is 0 Å². The van der Waals surface area contributed by atoms with Gasteiger partial charge in [0.1, 0.15) is 11.3 Å². The summed E-state index contributed by atoms with van der Waals surface area (Å²) in [5, 5.41) is 0. The van der Waals surface area contributed by atoms with Crippen LogP contribution < -0.4 is 4.74 Å². The Bertz CT molecular complexity index is 664. The third-order valence-corrected chi connectivity index (χ3v) is 6.68. The average molecular weight is 346 g/mol. The van der Waals surface area contributed by atoms with Gasteiger partial charge in [0, 0.05) is 7.11 Å². The van der Waals surface area contributed by atoms with E-state index in [2.05, 4.69) is 19.9 Å². The molecule has 0 bridgehead atoms. The van der Waals surface area contributed by atoms with Crippen LogP contribution in [-0.4, -0.2) is 33.9 Å². The zero-order valence-corrected chi connectivity index (χ0v) is 16.1. The number of carbonyl (C=O) groups excluding carboxylic acids is 1. The molecule has 4 heteroatoms. The maximum absolute atomic E-state index is 12.1. The Kier molecular flexibility index (Phi) is 4.84.